The molecule has 0 aliphatic carbocycles. The van der Waals surface area contributed by atoms with E-state index in [2.05, 4.69) is 21.7 Å². The van der Waals surface area contributed by atoms with Gasteiger partial charge in [0.1, 0.15) is 0 Å². The van der Waals surface area contributed by atoms with Gasteiger partial charge in [0.2, 0.25) is 11.8 Å². The molecule has 5 heteroatoms. The summed E-state index contributed by atoms with van der Waals surface area (Å²) >= 11 is 0. The van der Waals surface area contributed by atoms with Crippen molar-refractivity contribution in [1.82, 2.24) is 10.3 Å². The number of carbonyl (C=O) groups is 2. The van der Waals surface area contributed by atoms with Crippen molar-refractivity contribution in [2.75, 3.05) is 5.32 Å². The van der Waals surface area contributed by atoms with Gasteiger partial charge in [-0.15, -0.1) is 0 Å². The Hall–Kier alpha value is -3.08. The van der Waals surface area contributed by atoms with Crippen LogP contribution in [0.25, 0.3) is 10.9 Å². The molecule has 1 unspecified atom stereocenters. The Morgan fingerprint density at radius 3 is 2.75 bits per heavy atom. The lowest BCUT2D eigenvalue weighted by Crippen LogP contribution is -2.23. The van der Waals surface area contributed by atoms with E-state index in [4.69, 9.17) is 0 Å². The van der Waals surface area contributed by atoms with Crippen LogP contribution in [0.5, 0.6) is 0 Å². The van der Waals surface area contributed by atoms with Crippen molar-refractivity contribution in [3.05, 3.63) is 65.9 Å². The molecule has 5 nitrogen and oxygen atoms in total. The molecule has 146 valence electrons. The van der Waals surface area contributed by atoms with Crippen molar-refractivity contribution in [1.29, 1.82) is 0 Å². The Bertz CT molecular complexity index is 961. The van der Waals surface area contributed by atoms with E-state index in [0.29, 0.717) is 19.4 Å². The third-order valence-corrected chi connectivity index (χ3v) is 5.04. The molecule has 2 amide bonds. The van der Waals surface area contributed by atoms with E-state index in [9.17, 15) is 9.59 Å². The summed E-state index contributed by atoms with van der Waals surface area (Å²) in [5.41, 5.74) is 3.97. The van der Waals surface area contributed by atoms with Crippen LogP contribution in [0.1, 0.15) is 37.8 Å². The molecule has 3 N–H and O–H groups in total. The monoisotopic (exact) mass is 377 g/mol. The zero-order valence-electron chi connectivity index (χ0n) is 16.4. The fraction of sp³-hybridized carbons (Fsp3) is 0.304. The zero-order valence-corrected chi connectivity index (χ0v) is 16.4. The molecule has 0 fully saturated rings. The molecule has 28 heavy (non-hydrogen) atoms. The van der Waals surface area contributed by atoms with E-state index in [-0.39, 0.29) is 17.7 Å². The number of aromatic nitrogens is 1. The number of fused-ring (bicyclic) bond motifs is 1. The Labute approximate surface area is 165 Å². The molecule has 0 bridgehead atoms. The summed E-state index contributed by atoms with van der Waals surface area (Å²) in [5.74, 6) is 0.00890. The fourth-order valence-corrected chi connectivity index (χ4v) is 3.09. The second-order valence-corrected chi connectivity index (χ2v) is 7.14. The van der Waals surface area contributed by atoms with Gasteiger partial charge in [0.25, 0.3) is 0 Å². The van der Waals surface area contributed by atoms with Crippen LogP contribution in [-0.4, -0.2) is 16.8 Å². The molecule has 0 saturated heterocycles. The molecular formula is C23H27N3O2. The van der Waals surface area contributed by atoms with Crippen molar-refractivity contribution in [2.24, 2.45) is 5.92 Å². The zero-order chi connectivity index (χ0) is 19.9. The van der Waals surface area contributed by atoms with E-state index >= 15 is 0 Å². The van der Waals surface area contributed by atoms with Gasteiger partial charge in [-0.05, 0) is 42.2 Å². The number of carbonyl (C=O) groups excluding carboxylic acids is 2. The summed E-state index contributed by atoms with van der Waals surface area (Å²) in [7, 11) is 0. The summed E-state index contributed by atoms with van der Waals surface area (Å²) in [6, 6.07) is 15.7. The minimum atomic E-state index is -0.0205. The highest BCUT2D eigenvalue weighted by atomic mass is 16.2. The van der Waals surface area contributed by atoms with Gasteiger partial charge in [-0.3, -0.25) is 9.59 Å². The third-order valence-electron chi connectivity index (χ3n) is 5.04. The molecule has 0 spiro atoms. The van der Waals surface area contributed by atoms with Gasteiger partial charge < -0.3 is 15.6 Å². The van der Waals surface area contributed by atoms with Crippen LogP contribution in [0.2, 0.25) is 0 Å². The maximum Gasteiger partial charge on any atom is 0.227 e. The van der Waals surface area contributed by atoms with Gasteiger partial charge in [0, 0.05) is 41.7 Å². The van der Waals surface area contributed by atoms with Crippen LogP contribution in [0.15, 0.2) is 54.7 Å². The number of benzene rings is 2. The smallest absolute Gasteiger partial charge is 0.227 e. The maximum absolute atomic E-state index is 12.2. The highest BCUT2D eigenvalue weighted by molar-refractivity contribution is 5.92. The van der Waals surface area contributed by atoms with Crippen LogP contribution in [0, 0.1) is 5.92 Å². The van der Waals surface area contributed by atoms with Gasteiger partial charge >= 0.3 is 0 Å². The van der Waals surface area contributed by atoms with Gasteiger partial charge in [0.05, 0.1) is 0 Å². The summed E-state index contributed by atoms with van der Waals surface area (Å²) < 4.78 is 0. The Balaban J connectivity index is 1.50. The lowest BCUT2D eigenvalue weighted by molar-refractivity contribution is -0.121. The van der Waals surface area contributed by atoms with Crippen LogP contribution in [0.4, 0.5) is 5.69 Å². The van der Waals surface area contributed by atoms with Crippen molar-refractivity contribution in [3.63, 3.8) is 0 Å². The quantitative estimate of drug-likeness (QED) is 0.544. The first-order chi connectivity index (χ1) is 13.6. The molecule has 0 saturated carbocycles. The van der Waals surface area contributed by atoms with E-state index in [0.717, 1.165) is 28.8 Å². The Morgan fingerprint density at radius 1 is 1.11 bits per heavy atom. The number of nitrogens with one attached hydrogen (secondary N) is 3. The van der Waals surface area contributed by atoms with E-state index in [1.54, 1.807) is 0 Å². The predicted molar refractivity (Wildman–Crippen MR) is 113 cm³/mol. The summed E-state index contributed by atoms with van der Waals surface area (Å²) in [6.45, 7) is 4.35. The maximum atomic E-state index is 12.2. The van der Waals surface area contributed by atoms with Crippen molar-refractivity contribution >= 4 is 28.4 Å². The summed E-state index contributed by atoms with van der Waals surface area (Å²) in [5, 5.41) is 7.06. The molecular weight excluding hydrogens is 350 g/mol. The van der Waals surface area contributed by atoms with Crippen LogP contribution >= 0.6 is 0 Å². The number of H-pyrrole nitrogens is 1. The normalized spacial score (nSPS) is 11.9. The lowest BCUT2D eigenvalue weighted by Gasteiger charge is -2.11. The molecule has 0 aliphatic heterocycles. The average Bonchev–Trinajstić information content (AvgIpc) is 3.13. The molecule has 3 aromatic rings. The standard InChI is InChI=1S/C23H27N3O2/c1-3-16(2)23(28)26-19-8-6-7-17(13-19)14-25-22(27)12-11-18-15-24-21-10-5-4-9-20(18)21/h4-10,13,15-16,24H,3,11-12,14H2,1-2H3,(H,25,27)(H,26,28). The number of hydrogen-bond donors (Lipinski definition) is 3. The molecule has 1 heterocycles. The summed E-state index contributed by atoms with van der Waals surface area (Å²) in [6.07, 6.45) is 3.91. The van der Waals surface area contributed by atoms with Crippen molar-refractivity contribution < 1.29 is 9.59 Å². The van der Waals surface area contributed by atoms with Gasteiger partial charge in [-0.25, -0.2) is 0 Å². The van der Waals surface area contributed by atoms with E-state index in [1.807, 2.05) is 62.5 Å². The highest BCUT2D eigenvalue weighted by Gasteiger charge is 2.11. The second-order valence-electron chi connectivity index (χ2n) is 7.14. The third kappa shape index (κ3) is 5.00. The number of anilines is 1. The average molecular weight is 377 g/mol. The number of aryl methyl sites for hydroxylation is 1. The number of hydrogen-bond acceptors (Lipinski definition) is 2. The lowest BCUT2D eigenvalue weighted by atomic mass is 10.1. The van der Waals surface area contributed by atoms with E-state index in [1.165, 1.54) is 5.39 Å². The van der Waals surface area contributed by atoms with Crippen molar-refractivity contribution in [2.45, 2.75) is 39.7 Å². The van der Waals surface area contributed by atoms with Gasteiger partial charge in [-0.2, -0.15) is 0 Å². The second kappa shape index (κ2) is 9.22. The first kappa shape index (κ1) is 19.7. The fourth-order valence-electron chi connectivity index (χ4n) is 3.09. The van der Waals surface area contributed by atoms with Crippen molar-refractivity contribution in [3.8, 4) is 0 Å². The Morgan fingerprint density at radius 2 is 1.93 bits per heavy atom. The van der Waals surface area contributed by atoms with E-state index < -0.39 is 0 Å². The molecule has 1 aromatic heterocycles. The molecule has 0 radical (unpaired) electrons. The molecule has 2 aromatic carbocycles. The minimum Gasteiger partial charge on any atom is -0.361 e. The summed E-state index contributed by atoms with van der Waals surface area (Å²) in [4.78, 5) is 27.5. The molecule has 3 rings (SSSR count). The number of aromatic amines is 1. The first-order valence-corrected chi connectivity index (χ1v) is 9.78. The number of para-hydroxylation sites is 1. The predicted octanol–water partition coefficient (Wildman–Crippen LogP) is 4.40. The Kier molecular flexibility index (Phi) is 6.48. The molecule has 1 atom stereocenters. The van der Waals surface area contributed by atoms with Crippen LogP contribution < -0.4 is 10.6 Å². The van der Waals surface area contributed by atoms with Gasteiger partial charge in [-0.1, -0.05) is 44.2 Å². The van der Waals surface area contributed by atoms with Gasteiger partial charge in [0.15, 0.2) is 0 Å². The largest absolute Gasteiger partial charge is 0.361 e. The van der Waals surface area contributed by atoms with Crippen LogP contribution in [0.3, 0.4) is 0 Å². The highest BCUT2D eigenvalue weighted by Crippen LogP contribution is 2.19. The minimum absolute atomic E-state index is 0.0133. The molecule has 0 aliphatic rings. The number of amides is 2. The first-order valence-electron chi connectivity index (χ1n) is 9.78. The number of rotatable bonds is 8. The van der Waals surface area contributed by atoms with Crippen LogP contribution in [-0.2, 0) is 22.6 Å². The SMILES string of the molecule is CCC(C)C(=O)Nc1cccc(CNC(=O)CCc2c[nH]c3ccccc23)c1. The topological polar surface area (TPSA) is 74.0 Å².